The summed E-state index contributed by atoms with van der Waals surface area (Å²) in [6.07, 6.45) is 1.01. The Kier molecular flexibility index (Phi) is 5.85. The summed E-state index contributed by atoms with van der Waals surface area (Å²) in [6.45, 7) is 4.41. The number of carbonyl (C=O) groups is 2. The number of aliphatic carboxylic acids is 1. The predicted molar refractivity (Wildman–Crippen MR) is 71.7 cm³/mol. The summed E-state index contributed by atoms with van der Waals surface area (Å²) in [4.78, 5) is 24.3. The number of amides is 1. The number of carbonyl (C=O) groups excluding carboxylic acids is 1. The predicted octanol–water partition coefficient (Wildman–Crippen LogP) is 2.39. The normalized spacial score (nSPS) is 10.6. The Morgan fingerprint density at radius 1 is 1.44 bits per heavy atom. The lowest BCUT2D eigenvalue weighted by molar-refractivity contribution is -0.138. The zero-order valence-corrected chi connectivity index (χ0v) is 11.6. The van der Waals surface area contributed by atoms with Crippen LogP contribution in [0.1, 0.15) is 32.3 Å². The molecule has 100 valence electrons. The molecule has 1 heterocycles. The fraction of sp³-hybridized carbons (Fsp3) is 0.538. The second-order valence-electron chi connectivity index (χ2n) is 4.49. The Bertz CT molecular complexity index is 387. The first-order chi connectivity index (χ1) is 8.50. The van der Waals surface area contributed by atoms with E-state index in [0.717, 1.165) is 5.56 Å². The third kappa shape index (κ3) is 4.87. The van der Waals surface area contributed by atoms with Gasteiger partial charge in [-0.25, -0.2) is 0 Å². The first kappa shape index (κ1) is 14.7. The molecule has 0 saturated heterocycles. The molecule has 1 rings (SSSR count). The number of carboxylic acids is 1. The zero-order chi connectivity index (χ0) is 13.5. The van der Waals surface area contributed by atoms with Crippen molar-refractivity contribution in [3.05, 3.63) is 22.4 Å². The van der Waals surface area contributed by atoms with Crippen LogP contribution in [-0.4, -0.2) is 34.5 Å². The summed E-state index contributed by atoms with van der Waals surface area (Å²) in [5.74, 6) is -0.752. The van der Waals surface area contributed by atoms with Crippen molar-refractivity contribution in [1.29, 1.82) is 0 Å². The number of thiophene rings is 1. The van der Waals surface area contributed by atoms with E-state index < -0.39 is 5.97 Å². The van der Waals surface area contributed by atoms with Crippen LogP contribution in [0.2, 0.25) is 0 Å². The van der Waals surface area contributed by atoms with Gasteiger partial charge in [-0.15, -0.1) is 0 Å². The maximum atomic E-state index is 12.1. The molecule has 18 heavy (non-hydrogen) atoms. The summed E-state index contributed by atoms with van der Waals surface area (Å²) >= 11 is 1.58. The van der Waals surface area contributed by atoms with Crippen molar-refractivity contribution in [3.8, 4) is 0 Å². The molecule has 0 aromatic carbocycles. The largest absolute Gasteiger partial charge is 0.481 e. The molecule has 0 saturated carbocycles. The molecule has 0 unspecified atom stereocenters. The van der Waals surface area contributed by atoms with Gasteiger partial charge in [0.05, 0.1) is 6.42 Å². The van der Waals surface area contributed by atoms with Gasteiger partial charge in [-0.2, -0.15) is 11.3 Å². The van der Waals surface area contributed by atoms with Gasteiger partial charge in [0.1, 0.15) is 0 Å². The molecule has 0 bridgehead atoms. The van der Waals surface area contributed by atoms with Gasteiger partial charge in [-0.05, 0) is 42.7 Å². The Morgan fingerprint density at radius 2 is 2.17 bits per heavy atom. The molecule has 0 aliphatic heterocycles. The summed E-state index contributed by atoms with van der Waals surface area (Å²) in [5, 5.41) is 12.5. The first-order valence-corrected chi connectivity index (χ1v) is 6.97. The lowest BCUT2D eigenvalue weighted by Crippen LogP contribution is -2.38. The molecule has 0 aliphatic rings. The van der Waals surface area contributed by atoms with Crippen molar-refractivity contribution in [1.82, 2.24) is 4.90 Å². The third-order valence-electron chi connectivity index (χ3n) is 2.67. The van der Waals surface area contributed by atoms with E-state index in [4.69, 9.17) is 5.11 Å². The standard InChI is InChI=1S/C13H19NO3S/c1-10(2)14(6-3-4-13(16)17)12(15)8-11-5-7-18-9-11/h5,7,9-10H,3-4,6,8H2,1-2H3,(H,16,17). The van der Waals surface area contributed by atoms with Crippen molar-refractivity contribution in [2.24, 2.45) is 0 Å². The number of hydrogen-bond acceptors (Lipinski definition) is 3. The van der Waals surface area contributed by atoms with E-state index in [9.17, 15) is 9.59 Å². The first-order valence-electron chi connectivity index (χ1n) is 6.03. The van der Waals surface area contributed by atoms with Crippen LogP contribution in [0.5, 0.6) is 0 Å². The molecule has 0 fully saturated rings. The van der Waals surface area contributed by atoms with E-state index in [-0.39, 0.29) is 18.4 Å². The van der Waals surface area contributed by atoms with Gasteiger partial charge in [0, 0.05) is 19.0 Å². The summed E-state index contributed by atoms with van der Waals surface area (Å²) < 4.78 is 0. The lowest BCUT2D eigenvalue weighted by Gasteiger charge is -2.26. The fourth-order valence-corrected chi connectivity index (χ4v) is 2.41. The topological polar surface area (TPSA) is 57.6 Å². The average molecular weight is 269 g/mol. The minimum atomic E-state index is -0.816. The van der Waals surface area contributed by atoms with E-state index >= 15 is 0 Å². The van der Waals surface area contributed by atoms with Crippen LogP contribution in [-0.2, 0) is 16.0 Å². The smallest absolute Gasteiger partial charge is 0.303 e. The van der Waals surface area contributed by atoms with Crippen molar-refractivity contribution < 1.29 is 14.7 Å². The highest BCUT2D eigenvalue weighted by atomic mass is 32.1. The molecule has 4 nitrogen and oxygen atoms in total. The van der Waals surface area contributed by atoms with Crippen LogP contribution >= 0.6 is 11.3 Å². The zero-order valence-electron chi connectivity index (χ0n) is 10.8. The minimum Gasteiger partial charge on any atom is -0.481 e. The minimum absolute atomic E-state index is 0.0637. The molecule has 0 atom stereocenters. The molecule has 0 radical (unpaired) electrons. The number of carboxylic acid groups (broad SMARTS) is 1. The molecule has 5 heteroatoms. The van der Waals surface area contributed by atoms with E-state index in [1.54, 1.807) is 16.2 Å². The highest BCUT2D eigenvalue weighted by Gasteiger charge is 2.17. The average Bonchev–Trinajstić information content (AvgIpc) is 2.75. The van der Waals surface area contributed by atoms with Gasteiger partial charge in [0.25, 0.3) is 0 Å². The Morgan fingerprint density at radius 3 is 2.67 bits per heavy atom. The van der Waals surface area contributed by atoms with Crippen molar-refractivity contribution in [2.45, 2.75) is 39.2 Å². The highest BCUT2D eigenvalue weighted by Crippen LogP contribution is 2.10. The summed E-state index contributed by atoms with van der Waals surface area (Å²) in [5.41, 5.74) is 1.02. The maximum absolute atomic E-state index is 12.1. The molecular weight excluding hydrogens is 250 g/mol. The van der Waals surface area contributed by atoms with Crippen molar-refractivity contribution in [3.63, 3.8) is 0 Å². The summed E-state index contributed by atoms with van der Waals surface area (Å²) in [7, 11) is 0. The maximum Gasteiger partial charge on any atom is 0.303 e. The van der Waals surface area contributed by atoms with Gasteiger partial charge in [0.2, 0.25) is 5.91 Å². The fourth-order valence-electron chi connectivity index (χ4n) is 1.74. The molecule has 1 amide bonds. The second-order valence-corrected chi connectivity index (χ2v) is 5.27. The molecule has 1 aromatic rings. The van der Waals surface area contributed by atoms with Crippen LogP contribution in [0.4, 0.5) is 0 Å². The van der Waals surface area contributed by atoms with Crippen LogP contribution in [0.25, 0.3) is 0 Å². The Balaban J connectivity index is 2.50. The number of nitrogens with zero attached hydrogens (tertiary/aromatic N) is 1. The van der Waals surface area contributed by atoms with Gasteiger partial charge in [0.15, 0.2) is 0 Å². The van der Waals surface area contributed by atoms with Crippen molar-refractivity contribution >= 4 is 23.2 Å². The monoisotopic (exact) mass is 269 g/mol. The molecular formula is C13H19NO3S. The van der Waals surface area contributed by atoms with E-state index in [0.29, 0.717) is 19.4 Å². The SMILES string of the molecule is CC(C)N(CCCC(=O)O)C(=O)Cc1ccsc1. The molecule has 0 aliphatic carbocycles. The number of rotatable bonds is 7. The number of hydrogen-bond donors (Lipinski definition) is 1. The van der Waals surface area contributed by atoms with Crippen LogP contribution in [0.3, 0.4) is 0 Å². The van der Waals surface area contributed by atoms with Gasteiger partial charge in [-0.1, -0.05) is 0 Å². The summed E-state index contributed by atoms with van der Waals surface area (Å²) in [6, 6.07) is 2.04. The van der Waals surface area contributed by atoms with E-state index in [1.807, 2.05) is 30.7 Å². The van der Waals surface area contributed by atoms with E-state index in [1.165, 1.54) is 0 Å². The third-order valence-corrected chi connectivity index (χ3v) is 3.40. The van der Waals surface area contributed by atoms with Crippen LogP contribution in [0.15, 0.2) is 16.8 Å². The Hall–Kier alpha value is -1.36. The van der Waals surface area contributed by atoms with Crippen LogP contribution < -0.4 is 0 Å². The van der Waals surface area contributed by atoms with Gasteiger partial charge < -0.3 is 10.0 Å². The molecule has 0 spiro atoms. The van der Waals surface area contributed by atoms with E-state index in [2.05, 4.69) is 0 Å². The van der Waals surface area contributed by atoms with Gasteiger partial charge >= 0.3 is 5.97 Å². The quantitative estimate of drug-likeness (QED) is 0.827. The second kappa shape index (κ2) is 7.16. The van der Waals surface area contributed by atoms with Gasteiger partial charge in [-0.3, -0.25) is 9.59 Å². The van der Waals surface area contributed by atoms with Crippen LogP contribution in [0, 0.1) is 0 Å². The lowest BCUT2D eigenvalue weighted by atomic mass is 10.2. The Labute approximate surface area is 111 Å². The van der Waals surface area contributed by atoms with Crippen molar-refractivity contribution in [2.75, 3.05) is 6.54 Å². The molecule has 1 aromatic heterocycles. The molecule has 1 N–H and O–H groups in total. The highest BCUT2D eigenvalue weighted by molar-refractivity contribution is 7.07.